The largest absolute Gasteiger partial charge is 0.463 e. The molecular weight excluding hydrogens is 409 g/mol. The SMILES string of the molecule is Cn1c(CCNC(=O)Oc2cc(F)cc3c2OCOC3)nc(-c2ccncn2)cc1=O. The van der Waals surface area contributed by atoms with Crippen molar-refractivity contribution in [1.29, 1.82) is 0 Å². The first-order chi connectivity index (χ1) is 15.0. The van der Waals surface area contributed by atoms with Crippen molar-refractivity contribution < 1.29 is 23.4 Å². The van der Waals surface area contributed by atoms with E-state index >= 15 is 0 Å². The molecule has 1 aliphatic heterocycles. The van der Waals surface area contributed by atoms with Crippen LogP contribution >= 0.6 is 0 Å². The van der Waals surface area contributed by atoms with Crippen molar-refractivity contribution in [2.75, 3.05) is 13.3 Å². The molecule has 0 saturated carbocycles. The third kappa shape index (κ3) is 4.67. The molecule has 0 fully saturated rings. The second-order valence-corrected chi connectivity index (χ2v) is 6.62. The predicted molar refractivity (Wildman–Crippen MR) is 105 cm³/mol. The molecule has 0 atom stereocenters. The molecule has 0 radical (unpaired) electrons. The highest BCUT2D eigenvalue weighted by molar-refractivity contribution is 5.71. The Labute approximate surface area is 175 Å². The number of fused-ring (bicyclic) bond motifs is 1. The first-order valence-electron chi connectivity index (χ1n) is 9.33. The number of carbonyl (C=O) groups is 1. The van der Waals surface area contributed by atoms with Gasteiger partial charge in [0, 0.05) is 43.9 Å². The summed E-state index contributed by atoms with van der Waals surface area (Å²) in [6.07, 6.45) is 2.39. The van der Waals surface area contributed by atoms with E-state index in [9.17, 15) is 14.0 Å². The smallest absolute Gasteiger partial charge is 0.412 e. The average Bonchev–Trinajstić information content (AvgIpc) is 2.77. The van der Waals surface area contributed by atoms with E-state index in [1.165, 1.54) is 23.0 Å². The summed E-state index contributed by atoms with van der Waals surface area (Å²) in [4.78, 5) is 36.8. The number of halogens is 1. The first-order valence-corrected chi connectivity index (χ1v) is 9.33. The molecule has 1 N–H and O–H groups in total. The maximum absolute atomic E-state index is 13.8. The van der Waals surface area contributed by atoms with E-state index in [0.29, 0.717) is 22.8 Å². The number of benzene rings is 1. The number of nitrogens with zero attached hydrogens (tertiary/aromatic N) is 4. The van der Waals surface area contributed by atoms with Crippen LogP contribution in [0.3, 0.4) is 0 Å². The molecule has 0 aliphatic carbocycles. The second kappa shape index (κ2) is 8.88. The topological polar surface area (TPSA) is 117 Å². The van der Waals surface area contributed by atoms with Crippen LogP contribution < -0.4 is 20.3 Å². The third-order valence-electron chi connectivity index (χ3n) is 4.53. The van der Waals surface area contributed by atoms with Crippen LogP contribution in [0, 0.1) is 5.82 Å². The van der Waals surface area contributed by atoms with E-state index in [0.717, 1.165) is 6.07 Å². The summed E-state index contributed by atoms with van der Waals surface area (Å²) in [5.74, 6) is 0.109. The van der Waals surface area contributed by atoms with Gasteiger partial charge >= 0.3 is 6.09 Å². The zero-order valence-electron chi connectivity index (χ0n) is 16.5. The summed E-state index contributed by atoms with van der Waals surface area (Å²) in [6, 6.07) is 5.36. The highest BCUT2D eigenvalue weighted by atomic mass is 19.1. The van der Waals surface area contributed by atoms with Crippen molar-refractivity contribution in [3.8, 4) is 22.9 Å². The van der Waals surface area contributed by atoms with Gasteiger partial charge in [-0.3, -0.25) is 9.36 Å². The fourth-order valence-electron chi connectivity index (χ4n) is 3.02. The Bertz CT molecular complexity index is 1170. The van der Waals surface area contributed by atoms with Crippen molar-refractivity contribution in [3.63, 3.8) is 0 Å². The summed E-state index contributed by atoms with van der Waals surface area (Å²) in [5.41, 5.74) is 1.12. The molecule has 0 unspecified atom stereocenters. The van der Waals surface area contributed by atoms with Gasteiger partial charge in [0.1, 0.15) is 18.0 Å². The van der Waals surface area contributed by atoms with Gasteiger partial charge < -0.3 is 19.5 Å². The minimum absolute atomic E-state index is 0.0149. The van der Waals surface area contributed by atoms with Crippen LogP contribution in [0.15, 0.2) is 41.6 Å². The van der Waals surface area contributed by atoms with Gasteiger partial charge in [-0.25, -0.2) is 24.1 Å². The highest BCUT2D eigenvalue weighted by Crippen LogP contribution is 2.35. The summed E-state index contributed by atoms with van der Waals surface area (Å²) >= 11 is 0. The number of amides is 1. The van der Waals surface area contributed by atoms with Crippen LogP contribution in [0.25, 0.3) is 11.4 Å². The number of aromatic nitrogens is 4. The molecule has 3 aromatic rings. The van der Waals surface area contributed by atoms with Crippen LogP contribution in [0.5, 0.6) is 11.5 Å². The standard InChI is InChI=1S/C20H18FN5O5/c1-26-17(25-15(8-18(26)27)14-2-4-22-10-24-14)3-5-23-20(28)31-16-7-13(21)6-12-9-29-11-30-19(12)16/h2,4,6-8,10H,3,5,9,11H2,1H3,(H,23,28). The molecule has 1 aromatic carbocycles. The Balaban J connectivity index is 1.42. The van der Waals surface area contributed by atoms with Gasteiger partial charge in [-0.15, -0.1) is 0 Å². The first kappa shape index (κ1) is 20.4. The van der Waals surface area contributed by atoms with Crippen LogP contribution in [-0.4, -0.2) is 38.9 Å². The number of ether oxygens (including phenoxy) is 3. The molecule has 1 amide bonds. The monoisotopic (exact) mass is 427 g/mol. The molecule has 4 rings (SSSR count). The summed E-state index contributed by atoms with van der Waals surface area (Å²) in [5, 5.41) is 2.56. The van der Waals surface area contributed by atoms with E-state index in [1.807, 2.05) is 0 Å². The Kier molecular flexibility index (Phi) is 5.85. The summed E-state index contributed by atoms with van der Waals surface area (Å²) in [7, 11) is 1.59. The molecule has 3 heterocycles. The molecule has 0 bridgehead atoms. The maximum atomic E-state index is 13.8. The lowest BCUT2D eigenvalue weighted by atomic mass is 10.2. The van der Waals surface area contributed by atoms with Crippen molar-refractivity contribution in [3.05, 3.63) is 64.3 Å². The number of rotatable bonds is 5. The van der Waals surface area contributed by atoms with Gasteiger partial charge in [-0.2, -0.15) is 0 Å². The van der Waals surface area contributed by atoms with Crippen molar-refractivity contribution >= 4 is 6.09 Å². The molecule has 160 valence electrons. The molecule has 31 heavy (non-hydrogen) atoms. The van der Waals surface area contributed by atoms with Gasteiger partial charge in [0.15, 0.2) is 18.3 Å². The Morgan fingerprint density at radius 1 is 1.32 bits per heavy atom. The van der Waals surface area contributed by atoms with Crippen molar-refractivity contribution in [2.45, 2.75) is 13.0 Å². The van der Waals surface area contributed by atoms with E-state index < -0.39 is 11.9 Å². The lowest BCUT2D eigenvalue weighted by Gasteiger charge is -2.20. The van der Waals surface area contributed by atoms with Crippen molar-refractivity contribution in [1.82, 2.24) is 24.8 Å². The molecule has 1 aliphatic rings. The number of carbonyl (C=O) groups excluding carboxylic acids is 1. The second-order valence-electron chi connectivity index (χ2n) is 6.62. The Hall–Kier alpha value is -3.86. The number of nitrogens with one attached hydrogen (secondary N) is 1. The van der Waals surface area contributed by atoms with Gasteiger partial charge in [-0.1, -0.05) is 0 Å². The fraction of sp³-hybridized carbons (Fsp3) is 0.250. The third-order valence-corrected chi connectivity index (χ3v) is 4.53. The molecular formula is C20H18FN5O5. The quantitative estimate of drug-likeness (QED) is 0.652. The normalized spacial score (nSPS) is 12.6. The van der Waals surface area contributed by atoms with E-state index in [-0.39, 0.29) is 43.4 Å². The van der Waals surface area contributed by atoms with Crippen LogP contribution in [0.2, 0.25) is 0 Å². The average molecular weight is 427 g/mol. The molecule has 2 aromatic heterocycles. The van der Waals surface area contributed by atoms with Gasteiger partial charge in [0.05, 0.1) is 18.0 Å². The van der Waals surface area contributed by atoms with E-state index in [1.54, 1.807) is 19.3 Å². The molecule has 0 saturated heterocycles. The number of hydrogen-bond acceptors (Lipinski definition) is 8. The zero-order chi connectivity index (χ0) is 21.8. The molecule has 10 nitrogen and oxygen atoms in total. The van der Waals surface area contributed by atoms with Crippen molar-refractivity contribution in [2.24, 2.45) is 7.05 Å². The van der Waals surface area contributed by atoms with Crippen LogP contribution in [0.4, 0.5) is 9.18 Å². The molecule has 11 heteroatoms. The fourth-order valence-corrected chi connectivity index (χ4v) is 3.02. The maximum Gasteiger partial charge on any atom is 0.412 e. The Morgan fingerprint density at radius 3 is 3.00 bits per heavy atom. The Morgan fingerprint density at radius 2 is 2.19 bits per heavy atom. The zero-order valence-corrected chi connectivity index (χ0v) is 16.5. The van der Waals surface area contributed by atoms with E-state index in [2.05, 4.69) is 20.3 Å². The molecule has 0 spiro atoms. The minimum atomic E-state index is -0.792. The summed E-state index contributed by atoms with van der Waals surface area (Å²) < 4.78 is 30.8. The minimum Gasteiger partial charge on any atom is -0.463 e. The lowest BCUT2D eigenvalue weighted by Crippen LogP contribution is -2.31. The number of hydrogen-bond donors (Lipinski definition) is 1. The van der Waals surface area contributed by atoms with Crippen LogP contribution in [0.1, 0.15) is 11.4 Å². The van der Waals surface area contributed by atoms with Crippen LogP contribution in [-0.2, 0) is 24.8 Å². The lowest BCUT2D eigenvalue weighted by molar-refractivity contribution is -0.0180. The summed E-state index contributed by atoms with van der Waals surface area (Å²) in [6.45, 7) is 0.278. The van der Waals surface area contributed by atoms with Gasteiger partial charge in [0.25, 0.3) is 5.56 Å². The highest BCUT2D eigenvalue weighted by Gasteiger charge is 2.20. The van der Waals surface area contributed by atoms with Gasteiger partial charge in [-0.05, 0) is 12.1 Å². The van der Waals surface area contributed by atoms with E-state index in [4.69, 9.17) is 14.2 Å². The van der Waals surface area contributed by atoms with Gasteiger partial charge in [0.2, 0.25) is 0 Å². The predicted octanol–water partition coefficient (Wildman–Crippen LogP) is 1.57.